The number of hydrogen-bond acceptors (Lipinski definition) is 3. The van der Waals surface area contributed by atoms with Crippen LogP contribution in [0.2, 0.25) is 5.02 Å². The maximum atomic E-state index is 14.7. The van der Waals surface area contributed by atoms with Gasteiger partial charge in [-0.15, -0.1) is 0 Å². The van der Waals surface area contributed by atoms with Crippen LogP contribution in [0.4, 0.5) is 17.6 Å². The summed E-state index contributed by atoms with van der Waals surface area (Å²) < 4.78 is 56.3. The molecule has 38 heavy (non-hydrogen) atoms. The standard InChI is InChI=1S/C29H24ClF4N3O/c1-18-35-25-12-13-36(16-21-14-22(29(32,33)34)15-24(30)26(21)31)17-23(25)28(38)37(18)27(19-8-4-2-5-9-19)20-10-6-3-7-11-20/h2-11,14-15,27H,12-13,16-17H2,1H3. The van der Waals surface area contributed by atoms with Gasteiger partial charge in [-0.3, -0.25) is 14.3 Å². The lowest BCUT2D eigenvalue weighted by molar-refractivity contribution is -0.137. The molecule has 4 aromatic rings. The minimum atomic E-state index is -4.65. The molecule has 0 radical (unpaired) electrons. The fourth-order valence-corrected chi connectivity index (χ4v) is 5.27. The van der Waals surface area contributed by atoms with Gasteiger partial charge in [0.25, 0.3) is 5.56 Å². The Morgan fingerprint density at radius 3 is 2.18 bits per heavy atom. The number of hydrogen-bond donors (Lipinski definition) is 0. The van der Waals surface area contributed by atoms with Crippen LogP contribution in [0.15, 0.2) is 77.6 Å². The van der Waals surface area contributed by atoms with E-state index in [1.165, 1.54) is 0 Å². The summed E-state index contributed by atoms with van der Waals surface area (Å²) >= 11 is 5.78. The Hall–Kier alpha value is -3.49. The molecule has 0 spiro atoms. The van der Waals surface area contributed by atoms with Gasteiger partial charge in [0.1, 0.15) is 11.6 Å². The van der Waals surface area contributed by atoms with Gasteiger partial charge in [0.15, 0.2) is 0 Å². The largest absolute Gasteiger partial charge is 0.416 e. The molecule has 0 aliphatic carbocycles. The summed E-state index contributed by atoms with van der Waals surface area (Å²) in [5, 5.41) is -0.583. The van der Waals surface area contributed by atoms with Gasteiger partial charge in [-0.25, -0.2) is 9.37 Å². The third kappa shape index (κ3) is 5.11. The van der Waals surface area contributed by atoms with Crippen molar-refractivity contribution >= 4 is 11.6 Å². The molecule has 0 amide bonds. The van der Waals surface area contributed by atoms with Crippen molar-refractivity contribution in [2.45, 2.75) is 38.7 Å². The zero-order valence-corrected chi connectivity index (χ0v) is 21.2. The maximum absolute atomic E-state index is 14.7. The molecule has 0 bridgehead atoms. The molecule has 196 valence electrons. The molecule has 0 saturated carbocycles. The summed E-state index contributed by atoms with van der Waals surface area (Å²) in [7, 11) is 0. The van der Waals surface area contributed by atoms with Crippen molar-refractivity contribution in [1.29, 1.82) is 0 Å². The lowest BCUT2D eigenvalue weighted by atomic mass is 9.97. The van der Waals surface area contributed by atoms with E-state index in [-0.39, 0.29) is 24.2 Å². The van der Waals surface area contributed by atoms with Crippen molar-refractivity contribution in [3.8, 4) is 0 Å². The van der Waals surface area contributed by atoms with Crippen LogP contribution in [0.5, 0.6) is 0 Å². The molecule has 0 atom stereocenters. The van der Waals surface area contributed by atoms with Gasteiger partial charge in [0.2, 0.25) is 0 Å². The van der Waals surface area contributed by atoms with Gasteiger partial charge in [-0.1, -0.05) is 72.3 Å². The highest BCUT2D eigenvalue weighted by Gasteiger charge is 2.33. The fraction of sp³-hybridized carbons (Fsp3) is 0.241. The normalized spacial score (nSPS) is 14.1. The third-order valence-corrected chi connectivity index (χ3v) is 7.11. The van der Waals surface area contributed by atoms with Gasteiger partial charge in [0.05, 0.1) is 27.9 Å². The highest BCUT2D eigenvalue weighted by Crippen LogP contribution is 2.34. The zero-order chi connectivity index (χ0) is 27.0. The first-order valence-electron chi connectivity index (χ1n) is 12.1. The van der Waals surface area contributed by atoms with Gasteiger partial charge in [-0.05, 0) is 30.2 Å². The van der Waals surface area contributed by atoms with Gasteiger partial charge in [-0.2, -0.15) is 13.2 Å². The Bertz CT molecular complexity index is 1480. The van der Waals surface area contributed by atoms with Crippen molar-refractivity contribution in [1.82, 2.24) is 14.5 Å². The lowest BCUT2D eigenvalue weighted by Gasteiger charge is -2.30. The highest BCUT2D eigenvalue weighted by molar-refractivity contribution is 6.30. The number of halogens is 5. The van der Waals surface area contributed by atoms with Gasteiger partial charge < -0.3 is 0 Å². The lowest BCUT2D eigenvalue weighted by Crippen LogP contribution is -2.40. The SMILES string of the molecule is Cc1nc2c(c(=O)n1C(c1ccccc1)c1ccccc1)CN(Cc1cc(C(F)(F)F)cc(Cl)c1F)CC2. The number of nitrogens with zero attached hydrogens (tertiary/aromatic N) is 3. The summed E-state index contributed by atoms with van der Waals surface area (Å²) in [4.78, 5) is 20.5. The molecular formula is C29H24ClF4N3O. The van der Waals surface area contributed by atoms with E-state index in [0.29, 0.717) is 36.1 Å². The number of fused-ring (bicyclic) bond motifs is 1. The minimum Gasteiger partial charge on any atom is -0.294 e. The molecule has 1 aliphatic heterocycles. The van der Waals surface area contributed by atoms with Crippen LogP contribution in [-0.2, 0) is 25.7 Å². The molecule has 2 heterocycles. The topological polar surface area (TPSA) is 38.1 Å². The Morgan fingerprint density at radius 2 is 1.61 bits per heavy atom. The van der Waals surface area contributed by atoms with Crippen molar-refractivity contribution < 1.29 is 17.6 Å². The quantitative estimate of drug-likeness (QED) is 0.269. The highest BCUT2D eigenvalue weighted by atomic mass is 35.5. The second-order valence-electron chi connectivity index (χ2n) is 9.37. The zero-order valence-electron chi connectivity index (χ0n) is 20.5. The second-order valence-corrected chi connectivity index (χ2v) is 9.78. The van der Waals surface area contributed by atoms with Crippen LogP contribution in [0, 0.1) is 12.7 Å². The predicted molar refractivity (Wildman–Crippen MR) is 138 cm³/mol. The molecule has 5 rings (SSSR count). The third-order valence-electron chi connectivity index (χ3n) is 6.83. The van der Waals surface area contributed by atoms with E-state index >= 15 is 0 Å². The number of alkyl halides is 3. The van der Waals surface area contributed by atoms with E-state index in [1.807, 2.05) is 60.7 Å². The van der Waals surface area contributed by atoms with Gasteiger partial charge in [0, 0.05) is 31.6 Å². The summed E-state index contributed by atoms with van der Waals surface area (Å²) in [5.41, 5.74) is 1.54. The van der Waals surface area contributed by atoms with Crippen molar-refractivity contribution in [2.24, 2.45) is 0 Å². The molecular weight excluding hydrogens is 518 g/mol. The molecule has 0 saturated heterocycles. The summed E-state index contributed by atoms with van der Waals surface area (Å²) in [5.74, 6) is -0.325. The van der Waals surface area contributed by atoms with Crippen LogP contribution < -0.4 is 5.56 Å². The minimum absolute atomic E-state index is 0.122. The van der Waals surface area contributed by atoms with Crippen LogP contribution in [0.3, 0.4) is 0 Å². The molecule has 4 nitrogen and oxygen atoms in total. The van der Waals surface area contributed by atoms with E-state index in [0.717, 1.165) is 17.2 Å². The maximum Gasteiger partial charge on any atom is 0.416 e. The van der Waals surface area contributed by atoms with Crippen molar-refractivity contribution in [2.75, 3.05) is 6.54 Å². The molecule has 3 aromatic carbocycles. The Morgan fingerprint density at radius 1 is 1.00 bits per heavy atom. The van der Waals surface area contributed by atoms with Crippen molar-refractivity contribution in [3.05, 3.63) is 133 Å². The summed E-state index contributed by atoms with van der Waals surface area (Å²) in [6, 6.07) is 20.2. The number of benzene rings is 3. The van der Waals surface area contributed by atoms with Gasteiger partial charge >= 0.3 is 6.18 Å². The average molecular weight is 542 g/mol. The van der Waals surface area contributed by atoms with E-state index < -0.39 is 28.6 Å². The van der Waals surface area contributed by atoms with Crippen LogP contribution in [-0.4, -0.2) is 21.0 Å². The Labute approximate surface area is 222 Å². The first-order chi connectivity index (χ1) is 18.1. The van der Waals surface area contributed by atoms with E-state index in [1.54, 1.807) is 16.4 Å². The first-order valence-corrected chi connectivity index (χ1v) is 12.5. The first kappa shape index (κ1) is 26.1. The Kier molecular flexibility index (Phi) is 7.11. The van der Waals surface area contributed by atoms with Crippen molar-refractivity contribution in [3.63, 3.8) is 0 Å². The van der Waals surface area contributed by atoms with Crippen LogP contribution >= 0.6 is 11.6 Å². The predicted octanol–water partition coefficient (Wildman–Crippen LogP) is 6.56. The molecule has 0 N–H and O–H groups in total. The Balaban J connectivity index is 1.54. The van der Waals surface area contributed by atoms with Crippen LogP contribution in [0.25, 0.3) is 0 Å². The monoisotopic (exact) mass is 541 g/mol. The number of aromatic nitrogens is 2. The molecule has 1 aromatic heterocycles. The van der Waals surface area contributed by atoms with E-state index in [9.17, 15) is 22.4 Å². The summed E-state index contributed by atoms with van der Waals surface area (Å²) in [6.45, 7) is 2.22. The molecule has 0 unspecified atom stereocenters. The molecule has 1 aliphatic rings. The van der Waals surface area contributed by atoms with Crippen LogP contribution in [0.1, 0.15) is 45.4 Å². The smallest absolute Gasteiger partial charge is 0.294 e. The molecule has 0 fully saturated rings. The number of aryl methyl sites for hydroxylation is 1. The molecule has 9 heteroatoms. The van der Waals surface area contributed by atoms with E-state index in [2.05, 4.69) is 0 Å². The summed E-state index contributed by atoms with van der Waals surface area (Å²) in [6.07, 6.45) is -4.23. The van der Waals surface area contributed by atoms with E-state index in [4.69, 9.17) is 16.6 Å². The second kappa shape index (κ2) is 10.3. The fourth-order valence-electron chi connectivity index (χ4n) is 5.03. The average Bonchev–Trinajstić information content (AvgIpc) is 2.90. The number of rotatable bonds is 5.